The number of thiazole rings is 1. The lowest BCUT2D eigenvalue weighted by molar-refractivity contribution is -0.144. The molecule has 12 heteroatoms. The molecule has 2 aromatic rings. The molecule has 0 saturated heterocycles. The van der Waals surface area contributed by atoms with Crippen molar-refractivity contribution in [2.24, 2.45) is 7.05 Å². The fourth-order valence-electron chi connectivity index (χ4n) is 1.90. The van der Waals surface area contributed by atoms with Gasteiger partial charge >= 0.3 is 11.9 Å². The molecular weight excluding hydrogens is 396 g/mol. The molecule has 1 N–H and O–H groups in total. The maximum atomic E-state index is 12.1. The van der Waals surface area contributed by atoms with Gasteiger partial charge in [0.2, 0.25) is 5.01 Å². The summed E-state index contributed by atoms with van der Waals surface area (Å²) >= 11 is 1.09. The van der Waals surface area contributed by atoms with Crippen molar-refractivity contribution < 1.29 is 27.5 Å². The molecule has 0 aromatic carbocycles. The summed E-state index contributed by atoms with van der Waals surface area (Å²) in [6, 6.07) is 0. The van der Waals surface area contributed by atoms with Crippen LogP contribution < -0.4 is 4.72 Å². The van der Waals surface area contributed by atoms with Gasteiger partial charge in [-0.1, -0.05) is 0 Å². The van der Waals surface area contributed by atoms with Gasteiger partial charge in [0.1, 0.15) is 12.4 Å². The van der Waals surface area contributed by atoms with Crippen molar-refractivity contribution in [3.63, 3.8) is 0 Å². The number of esters is 2. The molecule has 148 valence electrons. The molecule has 0 spiro atoms. The molecular formula is C15H20N4O6S2. The molecule has 0 fully saturated rings. The molecule has 2 heterocycles. The molecule has 0 amide bonds. The first-order chi connectivity index (χ1) is 12.7. The fourth-order valence-corrected chi connectivity index (χ4v) is 3.66. The lowest BCUT2D eigenvalue weighted by Gasteiger charge is -2.05. The number of sulfonamides is 1. The summed E-state index contributed by atoms with van der Waals surface area (Å²) < 4.78 is 37.9. The second-order valence-corrected chi connectivity index (χ2v) is 7.98. The second kappa shape index (κ2) is 9.06. The van der Waals surface area contributed by atoms with E-state index < -0.39 is 22.0 Å². The number of imidazole rings is 1. The van der Waals surface area contributed by atoms with E-state index in [2.05, 4.69) is 14.7 Å². The van der Waals surface area contributed by atoms with Gasteiger partial charge in [-0.3, -0.25) is 4.79 Å². The van der Waals surface area contributed by atoms with Gasteiger partial charge in [-0.15, -0.1) is 11.3 Å². The van der Waals surface area contributed by atoms with Crippen molar-refractivity contribution >= 4 is 33.3 Å². The van der Waals surface area contributed by atoms with E-state index in [9.17, 15) is 18.0 Å². The van der Waals surface area contributed by atoms with Gasteiger partial charge < -0.3 is 14.0 Å². The first kappa shape index (κ1) is 21.0. The van der Waals surface area contributed by atoms with E-state index in [1.807, 2.05) is 0 Å². The van der Waals surface area contributed by atoms with Crippen LogP contribution in [0.25, 0.3) is 0 Å². The van der Waals surface area contributed by atoms with Gasteiger partial charge in [-0.2, -0.15) is 0 Å². The number of nitrogens with one attached hydrogen (secondary N) is 1. The van der Waals surface area contributed by atoms with Crippen molar-refractivity contribution in [3.8, 4) is 0 Å². The summed E-state index contributed by atoms with van der Waals surface area (Å²) in [5, 5.41) is 1.66. The van der Waals surface area contributed by atoms with Gasteiger partial charge in [-0.25, -0.2) is 27.9 Å². The number of ether oxygens (including phenoxy) is 2. The van der Waals surface area contributed by atoms with Crippen molar-refractivity contribution in [2.75, 3.05) is 13.2 Å². The summed E-state index contributed by atoms with van der Waals surface area (Å²) in [4.78, 5) is 31.2. The van der Waals surface area contributed by atoms with Crippen molar-refractivity contribution in [1.29, 1.82) is 0 Å². The Labute approximate surface area is 160 Å². The first-order valence-electron chi connectivity index (χ1n) is 7.99. The van der Waals surface area contributed by atoms with Crippen LogP contribution >= 0.6 is 11.3 Å². The maximum absolute atomic E-state index is 12.1. The van der Waals surface area contributed by atoms with Crippen LogP contribution in [-0.4, -0.2) is 48.0 Å². The standard InChI is InChI=1S/C15H20N4O6S2/c1-4-24-15(21)14-18-11(9-26-14)8-25-13(20)5-6-16-27(22,23)12-7-19(3)10(2)17-12/h7,9,16H,4-6,8H2,1-3H3. The van der Waals surface area contributed by atoms with Crippen LogP contribution in [0.3, 0.4) is 0 Å². The minimum Gasteiger partial charge on any atom is -0.461 e. The summed E-state index contributed by atoms with van der Waals surface area (Å²) in [7, 11) is -2.10. The Morgan fingerprint density at radius 3 is 2.67 bits per heavy atom. The number of aromatic nitrogens is 3. The lowest BCUT2D eigenvalue weighted by atomic mass is 10.4. The topological polar surface area (TPSA) is 129 Å². The molecule has 0 aliphatic rings. The number of nitrogens with zero attached hydrogens (tertiary/aromatic N) is 3. The number of hydrogen-bond acceptors (Lipinski definition) is 9. The smallest absolute Gasteiger partial charge is 0.367 e. The van der Waals surface area contributed by atoms with Crippen LogP contribution in [0, 0.1) is 6.92 Å². The number of rotatable bonds is 9. The zero-order valence-electron chi connectivity index (χ0n) is 15.1. The molecule has 0 aliphatic heterocycles. The monoisotopic (exact) mass is 416 g/mol. The number of aryl methyl sites for hydroxylation is 2. The summed E-state index contributed by atoms with van der Waals surface area (Å²) in [6.45, 7) is 3.39. The van der Waals surface area contributed by atoms with E-state index in [4.69, 9.17) is 9.47 Å². The van der Waals surface area contributed by atoms with Crippen LogP contribution in [0.1, 0.15) is 34.7 Å². The van der Waals surface area contributed by atoms with Gasteiger partial charge in [0, 0.05) is 25.2 Å². The molecule has 0 bridgehead atoms. The average Bonchev–Trinajstić information content (AvgIpc) is 3.21. The van der Waals surface area contributed by atoms with Gasteiger partial charge in [0.15, 0.2) is 5.03 Å². The maximum Gasteiger partial charge on any atom is 0.367 e. The third-order valence-electron chi connectivity index (χ3n) is 3.37. The van der Waals surface area contributed by atoms with Gasteiger partial charge in [0.05, 0.1) is 18.7 Å². The van der Waals surface area contributed by atoms with Crippen LogP contribution in [0.15, 0.2) is 16.6 Å². The van der Waals surface area contributed by atoms with E-state index in [0.717, 1.165) is 11.3 Å². The largest absolute Gasteiger partial charge is 0.461 e. The van der Waals surface area contributed by atoms with E-state index in [0.29, 0.717) is 11.5 Å². The van der Waals surface area contributed by atoms with Crippen molar-refractivity contribution in [3.05, 3.63) is 28.1 Å². The Morgan fingerprint density at radius 2 is 2.04 bits per heavy atom. The van der Waals surface area contributed by atoms with Crippen LogP contribution in [-0.2, 0) is 37.9 Å². The Balaban J connectivity index is 1.77. The Morgan fingerprint density at radius 1 is 1.30 bits per heavy atom. The van der Waals surface area contributed by atoms with Crippen molar-refractivity contribution in [1.82, 2.24) is 19.3 Å². The SMILES string of the molecule is CCOC(=O)c1nc(COC(=O)CCNS(=O)(=O)c2cn(C)c(C)n2)cs1. The lowest BCUT2D eigenvalue weighted by Crippen LogP contribution is -2.27. The quantitative estimate of drug-likeness (QED) is 0.594. The summed E-state index contributed by atoms with van der Waals surface area (Å²) in [6.07, 6.45) is 1.24. The van der Waals surface area contributed by atoms with Crippen LogP contribution in [0.4, 0.5) is 0 Å². The van der Waals surface area contributed by atoms with E-state index in [1.54, 1.807) is 30.8 Å². The normalized spacial score (nSPS) is 11.4. The number of carbonyl (C=O) groups is 2. The average molecular weight is 416 g/mol. The van der Waals surface area contributed by atoms with Gasteiger partial charge in [-0.05, 0) is 13.8 Å². The summed E-state index contributed by atoms with van der Waals surface area (Å²) in [5.74, 6) is -0.569. The number of hydrogen-bond donors (Lipinski definition) is 1. The van der Waals surface area contributed by atoms with Crippen molar-refractivity contribution in [2.45, 2.75) is 31.9 Å². The minimum absolute atomic E-state index is 0.107. The van der Waals surface area contributed by atoms with E-state index in [-0.39, 0.29) is 36.2 Å². The zero-order chi connectivity index (χ0) is 20.0. The Hall–Kier alpha value is -2.31. The molecule has 10 nitrogen and oxygen atoms in total. The third-order valence-corrected chi connectivity index (χ3v) is 5.57. The molecule has 0 radical (unpaired) electrons. The second-order valence-electron chi connectivity index (χ2n) is 5.41. The molecule has 0 unspecified atom stereocenters. The number of carbonyl (C=O) groups excluding carboxylic acids is 2. The third kappa shape index (κ3) is 5.84. The molecule has 2 aromatic heterocycles. The van der Waals surface area contributed by atoms with E-state index >= 15 is 0 Å². The molecule has 0 aliphatic carbocycles. The first-order valence-corrected chi connectivity index (χ1v) is 10.4. The zero-order valence-corrected chi connectivity index (χ0v) is 16.7. The predicted octanol–water partition coefficient (Wildman–Crippen LogP) is 0.774. The highest BCUT2D eigenvalue weighted by Crippen LogP contribution is 2.12. The Bertz CT molecular complexity index is 899. The molecule has 27 heavy (non-hydrogen) atoms. The van der Waals surface area contributed by atoms with E-state index in [1.165, 1.54) is 6.20 Å². The Kier molecular flexibility index (Phi) is 7.05. The van der Waals surface area contributed by atoms with Gasteiger partial charge in [0.25, 0.3) is 10.0 Å². The predicted molar refractivity (Wildman–Crippen MR) is 95.6 cm³/mol. The molecule has 0 atom stereocenters. The fraction of sp³-hybridized carbons (Fsp3) is 0.467. The highest BCUT2D eigenvalue weighted by Gasteiger charge is 2.19. The highest BCUT2D eigenvalue weighted by molar-refractivity contribution is 7.89. The van der Waals surface area contributed by atoms with Crippen LogP contribution in [0.2, 0.25) is 0 Å². The summed E-state index contributed by atoms with van der Waals surface area (Å²) in [5.41, 5.74) is 0.418. The highest BCUT2D eigenvalue weighted by atomic mass is 32.2. The molecule has 0 saturated carbocycles. The van der Waals surface area contributed by atoms with Crippen LogP contribution in [0.5, 0.6) is 0 Å². The minimum atomic E-state index is -3.79. The molecule has 2 rings (SSSR count).